The van der Waals surface area contributed by atoms with Crippen LogP contribution in [0, 0.1) is 10.1 Å². The average Bonchev–Trinajstić information content (AvgIpc) is 2.17. The topological polar surface area (TPSA) is 89.4 Å². The van der Waals surface area contributed by atoms with Gasteiger partial charge >= 0.3 is 5.69 Å². The lowest BCUT2D eigenvalue weighted by Gasteiger charge is -2.10. The van der Waals surface area contributed by atoms with Crippen LogP contribution in [-0.2, 0) is 0 Å². The first-order valence-electron chi connectivity index (χ1n) is 4.73. The van der Waals surface area contributed by atoms with Crippen molar-refractivity contribution < 1.29 is 10.0 Å². The molecule has 15 heavy (non-hydrogen) atoms. The zero-order chi connectivity index (χ0) is 11.4. The Balaban J connectivity index is 2.96. The standard InChI is InChI=1S/C10H14N2O3/c1-7(4-5-11)8-2-3-9(12(14)15)10(13)6-8/h2-3,6-7,13H,4-5,11H2,1H3. The van der Waals surface area contributed by atoms with Gasteiger partial charge < -0.3 is 10.8 Å². The number of phenolic OH excluding ortho intramolecular Hbond substituents is 1. The number of nitro benzene ring substituents is 1. The van der Waals surface area contributed by atoms with Crippen LogP contribution in [0.25, 0.3) is 0 Å². The van der Waals surface area contributed by atoms with Crippen molar-refractivity contribution in [3.63, 3.8) is 0 Å². The van der Waals surface area contributed by atoms with Crippen LogP contribution in [0.3, 0.4) is 0 Å². The molecule has 1 rings (SSSR count). The van der Waals surface area contributed by atoms with Crippen molar-refractivity contribution in [2.75, 3.05) is 6.54 Å². The molecular formula is C10H14N2O3. The first kappa shape index (κ1) is 11.5. The number of rotatable bonds is 4. The molecule has 0 spiro atoms. The molecule has 0 fully saturated rings. The fraction of sp³-hybridized carbons (Fsp3) is 0.400. The number of hydrogen-bond donors (Lipinski definition) is 2. The van der Waals surface area contributed by atoms with E-state index in [1.807, 2.05) is 6.92 Å². The number of benzene rings is 1. The van der Waals surface area contributed by atoms with Crippen LogP contribution in [-0.4, -0.2) is 16.6 Å². The molecule has 0 heterocycles. The van der Waals surface area contributed by atoms with Crippen molar-refractivity contribution >= 4 is 5.69 Å². The van der Waals surface area contributed by atoms with E-state index >= 15 is 0 Å². The van der Waals surface area contributed by atoms with Crippen molar-refractivity contribution in [2.45, 2.75) is 19.3 Å². The fourth-order valence-electron chi connectivity index (χ4n) is 1.42. The molecule has 1 aromatic rings. The molecule has 5 heteroatoms. The van der Waals surface area contributed by atoms with Gasteiger partial charge in [0, 0.05) is 6.07 Å². The van der Waals surface area contributed by atoms with Gasteiger partial charge in [0.05, 0.1) is 4.92 Å². The Morgan fingerprint density at radius 2 is 2.27 bits per heavy atom. The van der Waals surface area contributed by atoms with E-state index in [4.69, 9.17) is 5.73 Å². The molecule has 0 aliphatic carbocycles. The highest BCUT2D eigenvalue weighted by molar-refractivity contribution is 5.48. The largest absolute Gasteiger partial charge is 0.502 e. The van der Waals surface area contributed by atoms with Crippen molar-refractivity contribution in [1.29, 1.82) is 0 Å². The van der Waals surface area contributed by atoms with Crippen molar-refractivity contribution in [3.05, 3.63) is 33.9 Å². The summed E-state index contributed by atoms with van der Waals surface area (Å²) in [7, 11) is 0. The van der Waals surface area contributed by atoms with Crippen LogP contribution >= 0.6 is 0 Å². The van der Waals surface area contributed by atoms with Crippen LogP contribution in [0.15, 0.2) is 18.2 Å². The third kappa shape index (κ3) is 2.66. The van der Waals surface area contributed by atoms with Crippen LogP contribution in [0.5, 0.6) is 5.75 Å². The summed E-state index contributed by atoms with van der Waals surface area (Å²) in [5, 5.41) is 19.9. The summed E-state index contributed by atoms with van der Waals surface area (Å²) < 4.78 is 0. The third-order valence-electron chi connectivity index (χ3n) is 2.36. The van der Waals surface area contributed by atoms with Gasteiger partial charge in [0.1, 0.15) is 0 Å². The van der Waals surface area contributed by atoms with Gasteiger partial charge in [-0.05, 0) is 30.5 Å². The maximum atomic E-state index is 10.5. The van der Waals surface area contributed by atoms with Gasteiger partial charge in [-0.15, -0.1) is 0 Å². The van der Waals surface area contributed by atoms with Gasteiger partial charge in [-0.25, -0.2) is 0 Å². The Hall–Kier alpha value is -1.62. The third-order valence-corrected chi connectivity index (χ3v) is 2.36. The van der Waals surface area contributed by atoms with E-state index in [-0.39, 0.29) is 17.4 Å². The lowest BCUT2D eigenvalue weighted by Crippen LogP contribution is -2.04. The summed E-state index contributed by atoms with van der Waals surface area (Å²) in [5.74, 6) is -0.0944. The summed E-state index contributed by atoms with van der Waals surface area (Å²) in [5.41, 5.74) is 6.01. The summed E-state index contributed by atoms with van der Waals surface area (Å²) in [6.45, 7) is 2.52. The normalized spacial score (nSPS) is 12.4. The zero-order valence-corrected chi connectivity index (χ0v) is 8.51. The number of phenols is 1. The zero-order valence-electron chi connectivity index (χ0n) is 8.51. The van der Waals surface area contributed by atoms with Gasteiger partial charge in [-0.1, -0.05) is 13.0 Å². The van der Waals surface area contributed by atoms with Crippen LogP contribution < -0.4 is 5.73 Å². The van der Waals surface area contributed by atoms with Gasteiger partial charge in [-0.3, -0.25) is 10.1 Å². The van der Waals surface area contributed by atoms with Crippen molar-refractivity contribution in [3.8, 4) is 5.75 Å². The second-order valence-corrected chi connectivity index (χ2v) is 3.48. The fourth-order valence-corrected chi connectivity index (χ4v) is 1.42. The molecular weight excluding hydrogens is 196 g/mol. The molecule has 5 nitrogen and oxygen atoms in total. The monoisotopic (exact) mass is 210 g/mol. The molecule has 82 valence electrons. The molecule has 1 unspecified atom stereocenters. The maximum Gasteiger partial charge on any atom is 0.310 e. The van der Waals surface area contributed by atoms with E-state index in [9.17, 15) is 15.2 Å². The molecule has 0 aliphatic heterocycles. The van der Waals surface area contributed by atoms with Crippen molar-refractivity contribution in [1.82, 2.24) is 0 Å². The molecule has 1 aromatic carbocycles. The first-order valence-corrected chi connectivity index (χ1v) is 4.73. The number of aromatic hydroxyl groups is 1. The van der Waals surface area contributed by atoms with E-state index < -0.39 is 4.92 Å². The van der Waals surface area contributed by atoms with E-state index in [0.717, 1.165) is 12.0 Å². The Kier molecular flexibility index (Phi) is 3.62. The molecule has 3 N–H and O–H groups in total. The van der Waals surface area contributed by atoms with E-state index in [2.05, 4.69) is 0 Å². The van der Waals surface area contributed by atoms with E-state index in [0.29, 0.717) is 6.54 Å². The minimum Gasteiger partial charge on any atom is -0.502 e. The number of hydrogen-bond acceptors (Lipinski definition) is 4. The lowest BCUT2D eigenvalue weighted by molar-refractivity contribution is -0.385. The molecule has 0 saturated heterocycles. The molecule has 0 amide bonds. The second-order valence-electron chi connectivity index (χ2n) is 3.48. The predicted octanol–water partition coefficient (Wildman–Crippen LogP) is 1.75. The second kappa shape index (κ2) is 4.75. The van der Waals surface area contributed by atoms with Crippen LogP contribution in [0.2, 0.25) is 0 Å². The SMILES string of the molecule is CC(CCN)c1ccc([N+](=O)[O-])c(O)c1. The highest BCUT2D eigenvalue weighted by atomic mass is 16.6. The number of nitro groups is 1. The number of nitrogens with two attached hydrogens (primary N) is 1. The Morgan fingerprint density at radius 3 is 2.73 bits per heavy atom. The van der Waals surface area contributed by atoms with Crippen LogP contribution in [0.4, 0.5) is 5.69 Å². The van der Waals surface area contributed by atoms with Gasteiger partial charge in [-0.2, -0.15) is 0 Å². The minimum atomic E-state index is -0.604. The van der Waals surface area contributed by atoms with E-state index in [1.54, 1.807) is 6.07 Å². The Labute approximate surface area is 87.7 Å². The highest BCUT2D eigenvalue weighted by Gasteiger charge is 2.14. The summed E-state index contributed by atoms with van der Waals surface area (Å²) in [4.78, 5) is 9.85. The average molecular weight is 210 g/mol. The smallest absolute Gasteiger partial charge is 0.310 e. The van der Waals surface area contributed by atoms with Crippen molar-refractivity contribution in [2.24, 2.45) is 5.73 Å². The Bertz CT molecular complexity index is 366. The molecule has 0 saturated carbocycles. The molecule has 0 aliphatic rings. The van der Waals surface area contributed by atoms with Gasteiger partial charge in [0.15, 0.2) is 5.75 Å². The van der Waals surface area contributed by atoms with Crippen LogP contribution in [0.1, 0.15) is 24.8 Å². The number of nitrogens with zero attached hydrogens (tertiary/aromatic N) is 1. The lowest BCUT2D eigenvalue weighted by atomic mass is 9.97. The predicted molar refractivity (Wildman–Crippen MR) is 56.8 cm³/mol. The summed E-state index contributed by atoms with van der Waals surface area (Å²) in [6.07, 6.45) is 0.789. The van der Waals surface area contributed by atoms with Gasteiger partial charge in [0.25, 0.3) is 0 Å². The quantitative estimate of drug-likeness (QED) is 0.585. The summed E-state index contributed by atoms with van der Waals surface area (Å²) in [6, 6.07) is 4.40. The van der Waals surface area contributed by atoms with Gasteiger partial charge in [0.2, 0.25) is 0 Å². The minimum absolute atomic E-state index is 0.196. The molecule has 0 aromatic heterocycles. The summed E-state index contributed by atoms with van der Waals surface area (Å²) >= 11 is 0. The molecule has 1 atom stereocenters. The maximum absolute atomic E-state index is 10.5. The highest BCUT2D eigenvalue weighted by Crippen LogP contribution is 2.30. The van der Waals surface area contributed by atoms with E-state index in [1.165, 1.54) is 12.1 Å². The molecule has 0 radical (unpaired) electrons. The molecule has 0 bridgehead atoms. The first-order chi connectivity index (χ1) is 7.06. The Morgan fingerprint density at radius 1 is 1.60 bits per heavy atom.